The van der Waals surface area contributed by atoms with Gasteiger partial charge in [0.25, 0.3) is 0 Å². The van der Waals surface area contributed by atoms with Crippen LogP contribution in [0.2, 0.25) is 0 Å². The van der Waals surface area contributed by atoms with Crippen molar-refractivity contribution in [3.8, 4) is 6.07 Å². The van der Waals surface area contributed by atoms with Crippen molar-refractivity contribution < 1.29 is 19.0 Å². The number of aliphatic hydroxyl groups is 1. The average molecular weight is 223 g/mol. The standard InChI is InChI=1S/C11H10FNO3/c1-2-16-11(15)10-7(5-13)3-9(12)4-8(10)6-14/h3-4,14H,2,6H2,1H3. The molecule has 0 bridgehead atoms. The minimum atomic E-state index is -0.733. The molecule has 0 saturated heterocycles. The van der Waals surface area contributed by atoms with Gasteiger partial charge in [0.1, 0.15) is 11.9 Å². The molecule has 1 N–H and O–H groups in total. The van der Waals surface area contributed by atoms with E-state index in [0.717, 1.165) is 12.1 Å². The lowest BCUT2D eigenvalue weighted by Gasteiger charge is -2.08. The molecule has 0 atom stereocenters. The molecule has 1 aromatic rings. The molecule has 0 aromatic heterocycles. The third-order valence-corrected chi connectivity index (χ3v) is 1.96. The first-order valence-electron chi connectivity index (χ1n) is 4.64. The number of esters is 1. The highest BCUT2D eigenvalue weighted by molar-refractivity contribution is 5.93. The maximum absolute atomic E-state index is 13.0. The SMILES string of the molecule is CCOC(=O)c1c(C#N)cc(F)cc1CO. The maximum Gasteiger partial charge on any atom is 0.339 e. The summed E-state index contributed by atoms with van der Waals surface area (Å²) in [6, 6.07) is 3.64. The van der Waals surface area contributed by atoms with Crippen LogP contribution in [-0.4, -0.2) is 17.7 Å². The van der Waals surface area contributed by atoms with E-state index in [1.807, 2.05) is 0 Å². The number of carbonyl (C=O) groups is 1. The van der Waals surface area contributed by atoms with E-state index in [4.69, 9.17) is 15.1 Å². The van der Waals surface area contributed by atoms with Crippen LogP contribution >= 0.6 is 0 Å². The molecular formula is C11H10FNO3. The Hall–Kier alpha value is -1.93. The predicted octanol–water partition coefficient (Wildman–Crippen LogP) is 1.37. The third-order valence-electron chi connectivity index (χ3n) is 1.96. The normalized spacial score (nSPS) is 9.62. The fourth-order valence-corrected chi connectivity index (χ4v) is 1.32. The number of aliphatic hydroxyl groups excluding tert-OH is 1. The lowest BCUT2D eigenvalue weighted by atomic mass is 10.0. The van der Waals surface area contributed by atoms with Gasteiger partial charge < -0.3 is 9.84 Å². The summed E-state index contributed by atoms with van der Waals surface area (Å²) >= 11 is 0. The summed E-state index contributed by atoms with van der Waals surface area (Å²) in [6.45, 7) is 1.23. The zero-order valence-electron chi connectivity index (χ0n) is 8.66. The second kappa shape index (κ2) is 5.24. The van der Waals surface area contributed by atoms with Crippen LogP contribution in [0.15, 0.2) is 12.1 Å². The zero-order chi connectivity index (χ0) is 12.1. The fourth-order valence-electron chi connectivity index (χ4n) is 1.32. The third kappa shape index (κ3) is 2.35. The molecule has 5 heteroatoms. The van der Waals surface area contributed by atoms with E-state index < -0.39 is 18.4 Å². The van der Waals surface area contributed by atoms with Crippen molar-refractivity contribution >= 4 is 5.97 Å². The van der Waals surface area contributed by atoms with E-state index in [0.29, 0.717) is 0 Å². The Kier molecular flexibility index (Phi) is 3.97. The van der Waals surface area contributed by atoms with Crippen molar-refractivity contribution in [1.29, 1.82) is 5.26 Å². The Morgan fingerprint density at radius 1 is 1.62 bits per heavy atom. The van der Waals surface area contributed by atoms with Gasteiger partial charge in [0.15, 0.2) is 0 Å². The number of benzene rings is 1. The van der Waals surface area contributed by atoms with E-state index in [2.05, 4.69) is 0 Å². The van der Waals surface area contributed by atoms with Crippen molar-refractivity contribution in [2.24, 2.45) is 0 Å². The maximum atomic E-state index is 13.0. The van der Waals surface area contributed by atoms with E-state index >= 15 is 0 Å². The number of halogens is 1. The second-order valence-corrected chi connectivity index (χ2v) is 2.98. The highest BCUT2D eigenvalue weighted by atomic mass is 19.1. The first kappa shape index (κ1) is 12.1. The molecule has 0 aliphatic carbocycles. The van der Waals surface area contributed by atoms with Gasteiger partial charge in [-0.05, 0) is 24.6 Å². The van der Waals surface area contributed by atoms with Crippen molar-refractivity contribution in [2.45, 2.75) is 13.5 Å². The number of hydrogen-bond acceptors (Lipinski definition) is 4. The van der Waals surface area contributed by atoms with Gasteiger partial charge in [-0.1, -0.05) is 0 Å². The van der Waals surface area contributed by atoms with Crippen LogP contribution in [0.4, 0.5) is 4.39 Å². The van der Waals surface area contributed by atoms with Gasteiger partial charge >= 0.3 is 5.97 Å². The Balaban J connectivity index is 3.34. The van der Waals surface area contributed by atoms with Crippen molar-refractivity contribution in [3.05, 3.63) is 34.6 Å². The Bertz CT molecular complexity index is 451. The number of nitriles is 1. The smallest absolute Gasteiger partial charge is 0.339 e. The van der Waals surface area contributed by atoms with E-state index in [1.54, 1.807) is 13.0 Å². The number of ether oxygens (including phenoxy) is 1. The van der Waals surface area contributed by atoms with E-state index in [9.17, 15) is 9.18 Å². The lowest BCUT2D eigenvalue weighted by molar-refractivity contribution is 0.0522. The summed E-state index contributed by atoms with van der Waals surface area (Å²) in [6.07, 6.45) is 0. The predicted molar refractivity (Wildman–Crippen MR) is 53.0 cm³/mol. The van der Waals surface area contributed by atoms with Gasteiger partial charge in [0.05, 0.1) is 24.3 Å². The summed E-state index contributed by atoms with van der Waals surface area (Å²) in [5, 5.41) is 17.8. The number of carbonyl (C=O) groups excluding carboxylic acids is 1. The van der Waals surface area contributed by atoms with Gasteiger partial charge in [-0.25, -0.2) is 9.18 Å². The van der Waals surface area contributed by atoms with Crippen LogP contribution in [0.1, 0.15) is 28.4 Å². The highest BCUT2D eigenvalue weighted by Gasteiger charge is 2.18. The molecule has 0 heterocycles. The van der Waals surface area contributed by atoms with Crippen molar-refractivity contribution in [3.63, 3.8) is 0 Å². The Labute approximate surface area is 91.9 Å². The summed E-state index contributed by atoms with van der Waals surface area (Å²) in [7, 11) is 0. The topological polar surface area (TPSA) is 70.3 Å². The monoisotopic (exact) mass is 223 g/mol. The molecular weight excluding hydrogens is 213 g/mol. The average Bonchev–Trinajstić information content (AvgIpc) is 2.27. The van der Waals surface area contributed by atoms with Gasteiger partial charge in [0.2, 0.25) is 0 Å². The molecule has 0 aliphatic heterocycles. The van der Waals surface area contributed by atoms with Gasteiger partial charge in [-0.3, -0.25) is 0 Å². The summed E-state index contributed by atoms with van der Waals surface area (Å²) in [5.74, 6) is -1.41. The van der Waals surface area contributed by atoms with Gasteiger partial charge in [0, 0.05) is 0 Å². The molecule has 0 radical (unpaired) electrons. The minimum Gasteiger partial charge on any atom is -0.462 e. The first-order valence-corrected chi connectivity index (χ1v) is 4.64. The van der Waals surface area contributed by atoms with Crippen molar-refractivity contribution in [2.75, 3.05) is 6.61 Å². The van der Waals surface area contributed by atoms with E-state index in [-0.39, 0.29) is 23.3 Å². The minimum absolute atomic E-state index is 0.0509. The molecule has 0 unspecified atom stereocenters. The second-order valence-electron chi connectivity index (χ2n) is 2.98. The molecule has 0 amide bonds. The molecule has 1 aromatic carbocycles. The molecule has 16 heavy (non-hydrogen) atoms. The Morgan fingerprint density at radius 3 is 2.81 bits per heavy atom. The fraction of sp³-hybridized carbons (Fsp3) is 0.273. The van der Waals surface area contributed by atoms with Gasteiger partial charge in [-0.15, -0.1) is 0 Å². The zero-order valence-corrected chi connectivity index (χ0v) is 8.66. The van der Waals surface area contributed by atoms with Crippen molar-refractivity contribution in [1.82, 2.24) is 0 Å². The quantitative estimate of drug-likeness (QED) is 0.785. The van der Waals surface area contributed by atoms with E-state index in [1.165, 1.54) is 0 Å². The molecule has 0 spiro atoms. The molecule has 0 aliphatic rings. The van der Waals surface area contributed by atoms with Crippen LogP contribution in [0.25, 0.3) is 0 Å². The number of rotatable bonds is 3. The largest absolute Gasteiger partial charge is 0.462 e. The van der Waals surface area contributed by atoms with Crippen LogP contribution in [0, 0.1) is 17.1 Å². The first-order chi connectivity index (χ1) is 7.63. The molecule has 1 rings (SSSR count). The summed E-state index contributed by atoms with van der Waals surface area (Å²) in [5.41, 5.74) is -0.161. The molecule has 84 valence electrons. The molecule has 4 nitrogen and oxygen atoms in total. The van der Waals surface area contributed by atoms with Crippen LogP contribution < -0.4 is 0 Å². The summed E-state index contributed by atoms with van der Waals surface area (Å²) < 4.78 is 17.7. The van der Waals surface area contributed by atoms with Crippen LogP contribution in [0.3, 0.4) is 0 Å². The number of nitrogens with zero attached hydrogens (tertiary/aromatic N) is 1. The van der Waals surface area contributed by atoms with Crippen LogP contribution in [0.5, 0.6) is 0 Å². The highest BCUT2D eigenvalue weighted by Crippen LogP contribution is 2.18. The Morgan fingerprint density at radius 2 is 2.31 bits per heavy atom. The van der Waals surface area contributed by atoms with Crippen LogP contribution in [-0.2, 0) is 11.3 Å². The van der Waals surface area contributed by atoms with Gasteiger partial charge in [-0.2, -0.15) is 5.26 Å². The molecule has 0 fully saturated rings. The molecule has 0 saturated carbocycles. The number of hydrogen-bond donors (Lipinski definition) is 1. The lowest BCUT2D eigenvalue weighted by Crippen LogP contribution is -2.11. The summed E-state index contributed by atoms with van der Waals surface area (Å²) in [4.78, 5) is 11.5.